The highest BCUT2D eigenvalue weighted by molar-refractivity contribution is 5.96. The maximum absolute atomic E-state index is 12.7. The minimum Gasteiger partial charge on any atom is -0.342 e. The van der Waals surface area contributed by atoms with Crippen molar-refractivity contribution in [1.82, 2.24) is 34.6 Å². The molecule has 1 amide bonds. The molecule has 1 atom stereocenters. The van der Waals surface area contributed by atoms with Crippen molar-refractivity contribution in [3.05, 3.63) is 36.3 Å². The summed E-state index contributed by atoms with van der Waals surface area (Å²) in [7, 11) is 0. The SMILES string of the molecule is CCCn1cnnc1C(C)NC(=O)c1cnc2c(c1)ncn2C1CCCC1. The number of hydrogen-bond donors (Lipinski definition) is 1. The summed E-state index contributed by atoms with van der Waals surface area (Å²) in [6, 6.07) is 2.05. The number of nitrogens with one attached hydrogen (secondary N) is 1. The Bertz CT molecular complexity index is 939. The quantitative estimate of drug-likeness (QED) is 0.723. The van der Waals surface area contributed by atoms with E-state index in [4.69, 9.17) is 0 Å². The molecule has 0 radical (unpaired) electrons. The van der Waals surface area contributed by atoms with Crippen molar-refractivity contribution >= 4 is 17.1 Å². The summed E-state index contributed by atoms with van der Waals surface area (Å²) in [6.07, 6.45) is 11.0. The average Bonchev–Trinajstić information content (AvgIpc) is 3.41. The van der Waals surface area contributed by atoms with Crippen LogP contribution in [0.25, 0.3) is 11.2 Å². The maximum Gasteiger partial charge on any atom is 0.253 e. The molecule has 0 saturated heterocycles. The highest BCUT2D eigenvalue weighted by Crippen LogP contribution is 2.31. The van der Waals surface area contributed by atoms with E-state index in [0.717, 1.165) is 30.0 Å². The first kappa shape index (κ1) is 17.6. The van der Waals surface area contributed by atoms with Gasteiger partial charge in [0.15, 0.2) is 11.5 Å². The molecule has 27 heavy (non-hydrogen) atoms. The van der Waals surface area contributed by atoms with E-state index in [0.29, 0.717) is 11.6 Å². The van der Waals surface area contributed by atoms with E-state index in [1.165, 1.54) is 25.7 Å². The molecule has 1 aliphatic rings. The van der Waals surface area contributed by atoms with Crippen molar-refractivity contribution in [2.45, 2.75) is 64.6 Å². The summed E-state index contributed by atoms with van der Waals surface area (Å²) >= 11 is 0. The molecule has 1 aliphatic carbocycles. The van der Waals surface area contributed by atoms with E-state index < -0.39 is 0 Å². The topological polar surface area (TPSA) is 90.5 Å². The molecule has 0 aliphatic heterocycles. The zero-order chi connectivity index (χ0) is 18.8. The fraction of sp³-hybridized carbons (Fsp3) is 0.526. The van der Waals surface area contributed by atoms with Gasteiger partial charge in [0.1, 0.15) is 11.8 Å². The third-order valence-electron chi connectivity index (χ3n) is 5.24. The second-order valence-corrected chi connectivity index (χ2v) is 7.23. The van der Waals surface area contributed by atoms with Crippen LogP contribution >= 0.6 is 0 Å². The van der Waals surface area contributed by atoms with Crippen molar-refractivity contribution in [3.8, 4) is 0 Å². The van der Waals surface area contributed by atoms with Crippen molar-refractivity contribution in [2.24, 2.45) is 0 Å². The molecule has 3 aromatic rings. The Morgan fingerprint density at radius 2 is 2.11 bits per heavy atom. The van der Waals surface area contributed by atoms with Crippen LogP contribution in [0.2, 0.25) is 0 Å². The van der Waals surface area contributed by atoms with Crippen LogP contribution in [0.5, 0.6) is 0 Å². The fourth-order valence-corrected chi connectivity index (χ4v) is 3.85. The highest BCUT2D eigenvalue weighted by atomic mass is 16.1. The number of fused-ring (bicyclic) bond motifs is 1. The van der Waals surface area contributed by atoms with Gasteiger partial charge in [0.05, 0.1) is 17.9 Å². The number of aromatic nitrogens is 6. The molecule has 3 aromatic heterocycles. The molecular formula is C19H25N7O. The molecule has 0 aromatic carbocycles. The van der Waals surface area contributed by atoms with Gasteiger partial charge in [-0.05, 0) is 32.3 Å². The second-order valence-electron chi connectivity index (χ2n) is 7.23. The minimum absolute atomic E-state index is 0.182. The van der Waals surface area contributed by atoms with E-state index in [9.17, 15) is 4.79 Å². The first-order valence-corrected chi connectivity index (χ1v) is 9.68. The monoisotopic (exact) mass is 367 g/mol. The zero-order valence-electron chi connectivity index (χ0n) is 15.8. The van der Waals surface area contributed by atoms with Crippen LogP contribution in [-0.4, -0.2) is 35.2 Å². The summed E-state index contributed by atoms with van der Waals surface area (Å²) in [4.78, 5) is 21.7. The highest BCUT2D eigenvalue weighted by Gasteiger charge is 2.21. The van der Waals surface area contributed by atoms with Crippen molar-refractivity contribution in [2.75, 3.05) is 0 Å². The largest absolute Gasteiger partial charge is 0.342 e. The van der Waals surface area contributed by atoms with Gasteiger partial charge in [-0.15, -0.1) is 10.2 Å². The van der Waals surface area contributed by atoms with Crippen molar-refractivity contribution in [1.29, 1.82) is 0 Å². The molecule has 8 heteroatoms. The Hall–Kier alpha value is -2.77. The van der Waals surface area contributed by atoms with Gasteiger partial charge in [0.2, 0.25) is 0 Å². The van der Waals surface area contributed by atoms with Crippen LogP contribution in [0.15, 0.2) is 24.9 Å². The van der Waals surface area contributed by atoms with Gasteiger partial charge in [-0.3, -0.25) is 4.79 Å². The fourth-order valence-electron chi connectivity index (χ4n) is 3.85. The Labute approximate surface area is 158 Å². The van der Waals surface area contributed by atoms with Crippen molar-refractivity contribution in [3.63, 3.8) is 0 Å². The Morgan fingerprint density at radius 3 is 2.89 bits per heavy atom. The number of nitrogens with zero attached hydrogens (tertiary/aromatic N) is 6. The number of pyridine rings is 1. The standard InChI is InChI=1S/C19H25N7O/c1-3-8-25-12-22-24-17(25)13(2)23-19(27)14-9-16-18(20-10-14)26(11-21-16)15-6-4-5-7-15/h9-13,15H,3-8H2,1-2H3,(H,23,27). The van der Waals surface area contributed by atoms with Gasteiger partial charge < -0.3 is 14.5 Å². The molecule has 8 nitrogen and oxygen atoms in total. The van der Waals surface area contributed by atoms with Crippen LogP contribution in [0.1, 0.15) is 74.2 Å². The summed E-state index contributed by atoms with van der Waals surface area (Å²) in [5.74, 6) is 0.572. The molecular weight excluding hydrogens is 342 g/mol. The molecule has 1 fully saturated rings. The van der Waals surface area contributed by atoms with E-state index >= 15 is 0 Å². The van der Waals surface area contributed by atoms with Gasteiger partial charge in [-0.1, -0.05) is 19.8 Å². The smallest absolute Gasteiger partial charge is 0.253 e. The number of aryl methyl sites for hydroxylation is 1. The van der Waals surface area contributed by atoms with Gasteiger partial charge in [0.25, 0.3) is 5.91 Å². The van der Waals surface area contributed by atoms with E-state index in [2.05, 4.69) is 37.0 Å². The first-order chi connectivity index (χ1) is 13.2. The number of amides is 1. The van der Waals surface area contributed by atoms with Crippen LogP contribution in [0.4, 0.5) is 0 Å². The van der Waals surface area contributed by atoms with E-state index in [-0.39, 0.29) is 11.9 Å². The molecule has 4 rings (SSSR count). The third-order valence-corrected chi connectivity index (χ3v) is 5.24. The molecule has 0 bridgehead atoms. The summed E-state index contributed by atoms with van der Waals surface area (Å²) in [5, 5.41) is 11.1. The predicted octanol–water partition coefficient (Wildman–Crippen LogP) is 3.04. The Morgan fingerprint density at radius 1 is 1.30 bits per heavy atom. The summed E-state index contributed by atoms with van der Waals surface area (Å²) < 4.78 is 4.12. The number of carbonyl (C=O) groups excluding carboxylic acids is 1. The lowest BCUT2D eigenvalue weighted by molar-refractivity contribution is 0.0937. The van der Waals surface area contributed by atoms with Crippen LogP contribution in [0.3, 0.4) is 0 Å². The molecule has 3 heterocycles. The summed E-state index contributed by atoms with van der Waals surface area (Å²) in [6.45, 7) is 4.84. The van der Waals surface area contributed by atoms with Gasteiger partial charge >= 0.3 is 0 Å². The van der Waals surface area contributed by atoms with Gasteiger partial charge in [-0.2, -0.15) is 0 Å². The van der Waals surface area contributed by atoms with E-state index in [1.54, 1.807) is 12.5 Å². The average molecular weight is 367 g/mol. The van der Waals surface area contributed by atoms with Crippen molar-refractivity contribution < 1.29 is 4.79 Å². The molecule has 1 unspecified atom stereocenters. The van der Waals surface area contributed by atoms with Crippen LogP contribution in [-0.2, 0) is 6.54 Å². The Balaban J connectivity index is 1.51. The number of imidazole rings is 1. The molecule has 0 spiro atoms. The first-order valence-electron chi connectivity index (χ1n) is 9.68. The van der Waals surface area contributed by atoms with Gasteiger partial charge in [-0.25, -0.2) is 9.97 Å². The minimum atomic E-state index is -0.238. The Kier molecular flexibility index (Phi) is 4.87. The third kappa shape index (κ3) is 3.43. The van der Waals surface area contributed by atoms with Crippen LogP contribution in [0, 0.1) is 0 Å². The second kappa shape index (κ2) is 7.46. The maximum atomic E-state index is 12.7. The lowest BCUT2D eigenvalue weighted by Crippen LogP contribution is -2.28. The summed E-state index contributed by atoms with van der Waals surface area (Å²) in [5.41, 5.74) is 2.12. The molecule has 1 N–H and O–H groups in total. The predicted molar refractivity (Wildman–Crippen MR) is 101 cm³/mol. The lowest BCUT2D eigenvalue weighted by atomic mass is 10.2. The number of rotatable bonds is 6. The number of hydrogen-bond acceptors (Lipinski definition) is 5. The zero-order valence-corrected chi connectivity index (χ0v) is 15.8. The normalized spacial score (nSPS) is 16.1. The molecule has 1 saturated carbocycles. The lowest BCUT2D eigenvalue weighted by Gasteiger charge is -2.14. The van der Waals surface area contributed by atoms with E-state index in [1.807, 2.05) is 23.9 Å². The molecule has 142 valence electrons. The number of carbonyl (C=O) groups is 1. The van der Waals surface area contributed by atoms with Crippen LogP contribution < -0.4 is 5.32 Å². The van der Waals surface area contributed by atoms with Gasteiger partial charge in [0, 0.05) is 18.8 Å².